The number of amides is 2. The summed E-state index contributed by atoms with van der Waals surface area (Å²) in [6.07, 6.45) is 0. The van der Waals surface area contributed by atoms with Gasteiger partial charge in [-0.05, 0) is 23.8 Å². The molecule has 3 aromatic rings. The number of ether oxygens (including phenoxy) is 1. The number of benzene rings is 3. The third kappa shape index (κ3) is 3.74. The molecule has 0 aromatic heterocycles. The Morgan fingerprint density at radius 3 is 2.43 bits per heavy atom. The van der Waals surface area contributed by atoms with Crippen LogP contribution in [0.3, 0.4) is 0 Å². The van der Waals surface area contributed by atoms with Crippen molar-refractivity contribution in [3.63, 3.8) is 0 Å². The molecule has 4 rings (SSSR count). The second-order valence-corrected chi connectivity index (χ2v) is 6.56. The smallest absolute Gasteiger partial charge is 0.253 e. The number of carbonyl (C=O) groups excluding carboxylic acids is 2. The Hall–Kier alpha value is -3.60. The van der Waals surface area contributed by atoms with Gasteiger partial charge in [0.05, 0.1) is 24.3 Å². The number of fused-ring (bicyclic) bond motifs is 1. The summed E-state index contributed by atoms with van der Waals surface area (Å²) in [4.78, 5) is 26.6. The maximum Gasteiger partial charge on any atom is 0.253 e. The molecular weight excluding hydrogens is 352 g/mol. The minimum atomic E-state index is -0.236. The Morgan fingerprint density at radius 2 is 1.57 bits per heavy atom. The molecule has 1 aliphatic rings. The lowest BCUT2D eigenvalue weighted by molar-refractivity contribution is -0.117. The molecule has 3 aromatic carbocycles. The SMILES string of the molecule is O=C1NCC(=O)N(Cc2ccccc2OCc2ccccc2)c2ccccc21. The van der Waals surface area contributed by atoms with E-state index in [1.165, 1.54) is 0 Å². The van der Waals surface area contributed by atoms with Gasteiger partial charge in [0, 0.05) is 5.56 Å². The molecule has 0 saturated carbocycles. The average Bonchev–Trinajstić information content (AvgIpc) is 2.86. The van der Waals surface area contributed by atoms with E-state index in [0.717, 1.165) is 16.9 Å². The zero-order chi connectivity index (χ0) is 19.3. The average molecular weight is 372 g/mol. The van der Waals surface area contributed by atoms with E-state index in [9.17, 15) is 9.59 Å². The summed E-state index contributed by atoms with van der Waals surface area (Å²) in [6.45, 7) is 0.749. The van der Waals surface area contributed by atoms with Crippen LogP contribution < -0.4 is 15.0 Å². The third-order valence-electron chi connectivity index (χ3n) is 4.68. The summed E-state index contributed by atoms with van der Waals surface area (Å²) in [7, 11) is 0. The van der Waals surface area contributed by atoms with Crippen molar-refractivity contribution in [1.82, 2.24) is 5.32 Å². The van der Waals surface area contributed by atoms with E-state index in [-0.39, 0.29) is 18.4 Å². The van der Waals surface area contributed by atoms with E-state index >= 15 is 0 Å². The van der Waals surface area contributed by atoms with Crippen molar-refractivity contribution in [1.29, 1.82) is 0 Å². The molecule has 2 amide bonds. The van der Waals surface area contributed by atoms with Crippen molar-refractivity contribution < 1.29 is 14.3 Å². The number of nitrogens with zero attached hydrogens (tertiary/aromatic N) is 1. The summed E-state index contributed by atoms with van der Waals surface area (Å²) < 4.78 is 6.02. The number of carbonyl (C=O) groups is 2. The van der Waals surface area contributed by atoms with Crippen LogP contribution in [0.2, 0.25) is 0 Å². The summed E-state index contributed by atoms with van der Waals surface area (Å²) in [5, 5.41) is 2.67. The first kappa shape index (κ1) is 17.8. The molecule has 1 N–H and O–H groups in total. The van der Waals surface area contributed by atoms with Gasteiger partial charge in [-0.3, -0.25) is 9.59 Å². The molecular formula is C23H20N2O3. The van der Waals surface area contributed by atoms with Gasteiger partial charge < -0.3 is 15.0 Å². The number of para-hydroxylation sites is 2. The molecule has 28 heavy (non-hydrogen) atoms. The van der Waals surface area contributed by atoms with Crippen LogP contribution in [0.1, 0.15) is 21.5 Å². The summed E-state index contributed by atoms with van der Waals surface area (Å²) in [5.41, 5.74) is 3.07. The monoisotopic (exact) mass is 372 g/mol. The van der Waals surface area contributed by atoms with Gasteiger partial charge in [-0.15, -0.1) is 0 Å². The second kappa shape index (κ2) is 7.96. The lowest BCUT2D eigenvalue weighted by atomic mass is 10.1. The lowest BCUT2D eigenvalue weighted by Crippen LogP contribution is -2.36. The predicted molar refractivity (Wildman–Crippen MR) is 107 cm³/mol. The fraction of sp³-hybridized carbons (Fsp3) is 0.130. The third-order valence-corrected chi connectivity index (χ3v) is 4.68. The van der Waals surface area contributed by atoms with Crippen LogP contribution in [-0.2, 0) is 17.9 Å². The molecule has 0 saturated heterocycles. The fourth-order valence-corrected chi connectivity index (χ4v) is 3.24. The highest BCUT2D eigenvalue weighted by atomic mass is 16.5. The van der Waals surface area contributed by atoms with Crippen molar-refractivity contribution in [2.45, 2.75) is 13.2 Å². The predicted octanol–water partition coefficient (Wildman–Crippen LogP) is 3.54. The van der Waals surface area contributed by atoms with Crippen molar-refractivity contribution in [3.05, 3.63) is 95.6 Å². The lowest BCUT2D eigenvalue weighted by Gasteiger charge is -2.23. The van der Waals surface area contributed by atoms with Crippen LogP contribution in [0.5, 0.6) is 5.75 Å². The van der Waals surface area contributed by atoms with Crippen molar-refractivity contribution in [2.24, 2.45) is 0 Å². The van der Waals surface area contributed by atoms with Gasteiger partial charge in [-0.2, -0.15) is 0 Å². The van der Waals surface area contributed by atoms with Gasteiger partial charge in [0.15, 0.2) is 0 Å². The molecule has 0 atom stereocenters. The maximum absolute atomic E-state index is 12.7. The van der Waals surface area contributed by atoms with Crippen molar-refractivity contribution in [3.8, 4) is 5.75 Å². The van der Waals surface area contributed by atoms with Crippen LogP contribution >= 0.6 is 0 Å². The standard InChI is InChI=1S/C23H20N2O3/c26-22-14-24-23(27)19-11-5-6-12-20(19)25(22)15-18-10-4-7-13-21(18)28-16-17-8-2-1-3-9-17/h1-13H,14-16H2,(H,24,27). The van der Waals surface area contributed by atoms with Crippen molar-refractivity contribution >= 4 is 17.5 Å². The number of hydrogen-bond acceptors (Lipinski definition) is 3. The highest BCUT2D eigenvalue weighted by Gasteiger charge is 2.26. The first-order valence-corrected chi connectivity index (χ1v) is 9.14. The topological polar surface area (TPSA) is 58.6 Å². The van der Waals surface area contributed by atoms with Gasteiger partial charge in [0.2, 0.25) is 5.91 Å². The largest absolute Gasteiger partial charge is 0.489 e. The Kier molecular flexibility index (Phi) is 5.06. The van der Waals surface area contributed by atoms with E-state index in [1.807, 2.05) is 60.7 Å². The first-order chi connectivity index (χ1) is 13.7. The Morgan fingerprint density at radius 1 is 0.857 bits per heavy atom. The molecule has 0 aliphatic carbocycles. The summed E-state index contributed by atoms with van der Waals surface area (Å²) in [5.74, 6) is 0.330. The fourth-order valence-electron chi connectivity index (χ4n) is 3.24. The van der Waals surface area contributed by atoms with E-state index in [2.05, 4.69) is 5.32 Å². The molecule has 0 unspecified atom stereocenters. The molecule has 5 heteroatoms. The first-order valence-electron chi connectivity index (χ1n) is 9.14. The highest BCUT2D eigenvalue weighted by Crippen LogP contribution is 2.28. The maximum atomic E-state index is 12.7. The molecule has 0 radical (unpaired) electrons. The molecule has 1 aliphatic heterocycles. The van der Waals surface area contributed by atoms with Crippen LogP contribution in [0, 0.1) is 0 Å². The Balaban J connectivity index is 1.61. The Labute approximate surface area is 163 Å². The van der Waals surface area contributed by atoms with Gasteiger partial charge >= 0.3 is 0 Å². The van der Waals surface area contributed by atoms with E-state index in [1.54, 1.807) is 23.1 Å². The molecule has 0 spiro atoms. The van der Waals surface area contributed by atoms with E-state index in [0.29, 0.717) is 24.4 Å². The zero-order valence-electron chi connectivity index (χ0n) is 15.3. The van der Waals surface area contributed by atoms with Crippen molar-refractivity contribution in [2.75, 3.05) is 11.4 Å². The van der Waals surface area contributed by atoms with Gasteiger partial charge in [-0.1, -0.05) is 60.7 Å². The molecule has 140 valence electrons. The van der Waals surface area contributed by atoms with Gasteiger partial charge in [0.1, 0.15) is 12.4 Å². The molecule has 1 heterocycles. The van der Waals surface area contributed by atoms with E-state index < -0.39 is 0 Å². The zero-order valence-corrected chi connectivity index (χ0v) is 15.3. The van der Waals surface area contributed by atoms with Crippen LogP contribution in [0.25, 0.3) is 0 Å². The normalized spacial score (nSPS) is 13.5. The van der Waals surface area contributed by atoms with Crippen LogP contribution in [0.15, 0.2) is 78.9 Å². The second-order valence-electron chi connectivity index (χ2n) is 6.56. The molecule has 0 fully saturated rings. The van der Waals surface area contributed by atoms with Gasteiger partial charge in [0.25, 0.3) is 5.91 Å². The molecule has 5 nitrogen and oxygen atoms in total. The minimum Gasteiger partial charge on any atom is -0.489 e. The number of hydrogen-bond donors (Lipinski definition) is 1. The molecule has 0 bridgehead atoms. The minimum absolute atomic E-state index is 0.0272. The number of nitrogens with one attached hydrogen (secondary N) is 1. The summed E-state index contributed by atoms with van der Waals surface area (Å²) in [6, 6.07) is 24.8. The van der Waals surface area contributed by atoms with Crippen LogP contribution in [0.4, 0.5) is 5.69 Å². The number of anilines is 1. The summed E-state index contributed by atoms with van der Waals surface area (Å²) >= 11 is 0. The van der Waals surface area contributed by atoms with Gasteiger partial charge in [-0.25, -0.2) is 0 Å². The van der Waals surface area contributed by atoms with E-state index in [4.69, 9.17) is 4.74 Å². The number of rotatable bonds is 5. The van der Waals surface area contributed by atoms with Crippen LogP contribution in [-0.4, -0.2) is 18.4 Å². The highest BCUT2D eigenvalue weighted by molar-refractivity contribution is 6.09. The quantitative estimate of drug-likeness (QED) is 0.745. The Bertz CT molecular complexity index is 1000.